The minimum Gasteiger partial charge on any atom is -0.339 e. The molecule has 1 rings (SSSR count). The lowest BCUT2D eigenvalue weighted by atomic mass is 9.95. The Balaban J connectivity index is 2.59. The molecule has 0 fully saturated rings. The number of rotatable bonds is 3. The molecule has 0 spiro atoms. The summed E-state index contributed by atoms with van der Waals surface area (Å²) in [5.41, 5.74) is 0.326. The number of hydrogen-bond donors (Lipinski definition) is 0. The van der Waals surface area contributed by atoms with E-state index in [2.05, 4.69) is 56.7 Å². The van der Waals surface area contributed by atoms with Crippen LogP contribution in [0.5, 0.6) is 0 Å². The van der Waals surface area contributed by atoms with Gasteiger partial charge in [0.15, 0.2) is 0 Å². The van der Waals surface area contributed by atoms with Gasteiger partial charge in [-0.25, -0.2) is 0 Å². The number of hydrazone groups is 1. The molecule has 0 aliphatic carbocycles. The van der Waals surface area contributed by atoms with Gasteiger partial charge in [0.1, 0.15) is 12.5 Å². The Kier molecular flexibility index (Phi) is 3.63. The van der Waals surface area contributed by atoms with Gasteiger partial charge in [-0.15, -0.1) is 0 Å². The van der Waals surface area contributed by atoms with Crippen LogP contribution in [0.25, 0.3) is 0 Å². The zero-order chi connectivity index (χ0) is 11.6. The summed E-state index contributed by atoms with van der Waals surface area (Å²) >= 11 is 0. The van der Waals surface area contributed by atoms with E-state index in [9.17, 15) is 0 Å². The van der Waals surface area contributed by atoms with Crippen LogP contribution in [0.1, 0.15) is 41.0 Å². The van der Waals surface area contributed by atoms with Crippen LogP contribution in [-0.2, 0) is 0 Å². The topological polar surface area (TPSA) is 18.8 Å². The summed E-state index contributed by atoms with van der Waals surface area (Å²) < 4.78 is 0. The normalized spacial score (nSPS) is 21.9. The Morgan fingerprint density at radius 3 is 2.40 bits per heavy atom. The third-order valence-corrected chi connectivity index (χ3v) is 2.54. The van der Waals surface area contributed by atoms with Crippen molar-refractivity contribution in [3.8, 4) is 0 Å². The van der Waals surface area contributed by atoms with Crippen molar-refractivity contribution in [3.05, 3.63) is 0 Å². The Morgan fingerprint density at radius 1 is 1.33 bits per heavy atom. The lowest BCUT2D eigenvalue weighted by Gasteiger charge is -2.34. The molecule has 1 aliphatic rings. The second kappa shape index (κ2) is 4.42. The SMILES string of the molecule is CC(C)CC1N(CC(C)(C)C)C=NN1C. The zero-order valence-electron chi connectivity index (χ0n) is 11.0. The van der Waals surface area contributed by atoms with Crippen LogP contribution in [0.15, 0.2) is 5.10 Å². The first-order valence-corrected chi connectivity index (χ1v) is 5.82. The van der Waals surface area contributed by atoms with Gasteiger partial charge in [-0.3, -0.25) is 5.01 Å². The summed E-state index contributed by atoms with van der Waals surface area (Å²) in [6.07, 6.45) is 3.61. The highest BCUT2D eigenvalue weighted by Crippen LogP contribution is 2.23. The molecule has 0 aromatic carbocycles. The smallest absolute Gasteiger partial charge is 0.119 e. The lowest BCUT2D eigenvalue weighted by Crippen LogP contribution is -2.42. The average Bonchev–Trinajstić information content (AvgIpc) is 2.32. The summed E-state index contributed by atoms with van der Waals surface area (Å²) in [6.45, 7) is 12.4. The van der Waals surface area contributed by atoms with Crippen molar-refractivity contribution in [1.29, 1.82) is 0 Å². The quantitative estimate of drug-likeness (QED) is 0.714. The van der Waals surface area contributed by atoms with E-state index in [4.69, 9.17) is 0 Å². The van der Waals surface area contributed by atoms with Crippen molar-refractivity contribution in [3.63, 3.8) is 0 Å². The first-order valence-electron chi connectivity index (χ1n) is 5.82. The Morgan fingerprint density at radius 2 is 1.93 bits per heavy atom. The van der Waals surface area contributed by atoms with Gasteiger partial charge in [-0.05, 0) is 17.8 Å². The molecule has 0 bridgehead atoms. The highest BCUT2D eigenvalue weighted by atomic mass is 15.6. The van der Waals surface area contributed by atoms with Gasteiger partial charge in [-0.2, -0.15) is 5.10 Å². The van der Waals surface area contributed by atoms with E-state index in [0.717, 1.165) is 6.54 Å². The fourth-order valence-corrected chi connectivity index (χ4v) is 1.92. The Hall–Kier alpha value is -0.730. The molecule has 0 amide bonds. The fraction of sp³-hybridized carbons (Fsp3) is 0.917. The summed E-state index contributed by atoms with van der Waals surface area (Å²) in [6, 6.07) is 0. The van der Waals surface area contributed by atoms with E-state index in [1.165, 1.54) is 6.42 Å². The second-order valence-electron chi connectivity index (χ2n) is 6.15. The third-order valence-electron chi connectivity index (χ3n) is 2.54. The highest BCUT2D eigenvalue weighted by Gasteiger charge is 2.28. The summed E-state index contributed by atoms with van der Waals surface area (Å²) in [7, 11) is 2.06. The van der Waals surface area contributed by atoms with E-state index in [1.54, 1.807) is 0 Å². The molecule has 15 heavy (non-hydrogen) atoms. The molecule has 0 saturated heterocycles. The van der Waals surface area contributed by atoms with Gasteiger partial charge < -0.3 is 4.90 Å². The average molecular weight is 211 g/mol. The Bertz CT molecular complexity index is 228. The molecule has 0 saturated carbocycles. The second-order valence-corrected chi connectivity index (χ2v) is 6.15. The zero-order valence-corrected chi connectivity index (χ0v) is 11.0. The van der Waals surface area contributed by atoms with Gasteiger partial charge in [0.05, 0.1) is 0 Å². The molecule has 1 atom stereocenters. The van der Waals surface area contributed by atoms with E-state index in [1.807, 2.05) is 6.34 Å². The van der Waals surface area contributed by atoms with Crippen molar-refractivity contribution in [2.24, 2.45) is 16.4 Å². The first kappa shape index (κ1) is 12.3. The van der Waals surface area contributed by atoms with Gasteiger partial charge in [0, 0.05) is 13.6 Å². The van der Waals surface area contributed by atoms with Crippen molar-refractivity contribution in [2.45, 2.75) is 47.2 Å². The molecular weight excluding hydrogens is 186 g/mol. The van der Waals surface area contributed by atoms with Crippen molar-refractivity contribution in [2.75, 3.05) is 13.6 Å². The molecule has 1 heterocycles. The maximum Gasteiger partial charge on any atom is 0.119 e. The van der Waals surface area contributed by atoms with Crippen LogP contribution in [0, 0.1) is 11.3 Å². The minimum atomic E-state index is 0.326. The van der Waals surface area contributed by atoms with Gasteiger partial charge in [0.2, 0.25) is 0 Å². The molecule has 1 unspecified atom stereocenters. The van der Waals surface area contributed by atoms with E-state index in [-0.39, 0.29) is 0 Å². The van der Waals surface area contributed by atoms with Crippen LogP contribution in [0.2, 0.25) is 0 Å². The molecule has 1 aliphatic heterocycles. The summed E-state index contributed by atoms with van der Waals surface area (Å²) in [5, 5.41) is 6.45. The van der Waals surface area contributed by atoms with Crippen molar-refractivity contribution in [1.82, 2.24) is 9.91 Å². The Labute approximate surface area is 94.1 Å². The maximum atomic E-state index is 4.37. The fourth-order valence-electron chi connectivity index (χ4n) is 1.92. The van der Waals surface area contributed by atoms with E-state index in [0.29, 0.717) is 17.5 Å². The van der Waals surface area contributed by atoms with Crippen LogP contribution < -0.4 is 0 Å². The van der Waals surface area contributed by atoms with Crippen LogP contribution in [0.3, 0.4) is 0 Å². The van der Waals surface area contributed by atoms with Crippen molar-refractivity contribution < 1.29 is 0 Å². The molecule has 0 radical (unpaired) electrons. The minimum absolute atomic E-state index is 0.326. The van der Waals surface area contributed by atoms with Crippen LogP contribution in [0.4, 0.5) is 0 Å². The monoisotopic (exact) mass is 211 g/mol. The van der Waals surface area contributed by atoms with Crippen LogP contribution in [-0.4, -0.2) is 36.0 Å². The number of nitrogens with zero attached hydrogens (tertiary/aromatic N) is 3. The first-order chi connectivity index (χ1) is 6.79. The lowest BCUT2D eigenvalue weighted by molar-refractivity contribution is 0.111. The highest BCUT2D eigenvalue weighted by molar-refractivity contribution is 5.57. The van der Waals surface area contributed by atoms with E-state index < -0.39 is 0 Å². The standard InChI is InChI=1S/C12H25N3/c1-10(2)7-11-14(6)13-9-15(11)8-12(3,4)5/h9-11H,7-8H2,1-6H3. The summed E-state index contributed by atoms with van der Waals surface area (Å²) in [5.74, 6) is 0.710. The third kappa shape index (κ3) is 3.73. The maximum absolute atomic E-state index is 4.37. The van der Waals surface area contributed by atoms with E-state index >= 15 is 0 Å². The molecule has 3 heteroatoms. The van der Waals surface area contributed by atoms with Gasteiger partial charge >= 0.3 is 0 Å². The predicted molar refractivity (Wildman–Crippen MR) is 65.7 cm³/mol. The molecule has 3 nitrogen and oxygen atoms in total. The molecule has 88 valence electrons. The number of hydrogen-bond acceptors (Lipinski definition) is 3. The van der Waals surface area contributed by atoms with Crippen LogP contribution >= 0.6 is 0 Å². The van der Waals surface area contributed by atoms with Crippen molar-refractivity contribution >= 4 is 6.34 Å². The molecule has 0 aromatic rings. The molecule has 0 aromatic heterocycles. The predicted octanol–water partition coefficient (Wildman–Crippen LogP) is 2.60. The summed E-state index contributed by atoms with van der Waals surface area (Å²) in [4.78, 5) is 2.36. The van der Waals surface area contributed by atoms with Gasteiger partial charge in [0.25, 0.3) is 0 Å². The largest absolute Gasteiger partial charge is 0.339 e. The molecular formula is C12H25N3. The van der Waals surface area contributed by atoms with Gasteiger partial charge in [-0.1, -0.05) is 34.6 Å². The molecule has 0 N–H and O–H groups in total.